The van der Waals surface area contributed by atoms with Crippen molar-refractivity contribution in [2.75, 3.05) is 19.8 Å². The van der Waals surface area contributed by atoms with E-state index in [1.165, 1.54) is 17.1 Å². The molecular formula is C19H18N2O4S. The summed E-state index contributed by atoms with van der Waals surface area (Å²) in [7, 11) is 0. The Hall–Kier alpha value is -3.11. The summed E-state index contributed by atoms with van der Waals surface area (Å²) in [5.41, 5.74) is 0.576. The molecule has 26 heavy (non-hydrogen) atoms. The zero-order valence-electron chi connectivity index (χ0n) is 14.3. The minimum Gasteiger partial charge on any atom is -0.490 e. The summed E-state index contributed by atoms with van der Waals surface area (Å²) in [4.78, 5) is 26.0. The Morgan fingerprint density at radius 3 is 2.77 bits per heavy atom. The van der Waals surface area contributed by atoms with Gasteiger partial charge in [-0.1, -0.05) is 18.1 Å². The SMILES string of the molecule is C#CCOc1ccc(C=C2C(=O)NC(=S)N(CC=C)C2=O)cc1OCC. The third-order valence-corrected chi connectivity index (χ3v) is 3.71. The number of thiocarbonyl (C=S) groups is 1. The van der Waals surface area contributed by atoms with Crippen LogP contribution in [0.2, 0.25) is 0 Å². The monoisotopic (exact) mass is 370 g/mol. The number of rotatable bonds is 7. The molecular weight excluding hydrogens is 352 g/mol. The summed E-state index contributed by atoms with van der Waals surface area (Å²) in [6.45, 7) is 6.16. The van der Waals surface area contributed by atoms with Crippen LogP contribution in [0.15, 0.2) is 36.4 Å². The minimum absolute atomic E-state index is 0.0276. The fraction of sp³-hybridized carbons (Fsp3) is 0.211. The van der Waals surface area contributed by atoms with E-state index in [4.69, 9.17) is 28.1 Å². The smallest absolute Gasteiger partial charge is 0.265 e. The summed E-state index contributed by atoms with van der Waals surface area (Å²) in [5, 5.41) is 2.56. The standard InChI is InChI=1S/C19H18N2O4S/c1-4-9-21-18(23)14(17(22)20-19(21)26)11-13-7-8-15(25-10-5-2)16(12-13)24-6-3/h2,4,7-8,11-12H,1,6,9-10H2,3H3,(H,20,22,26). The first-order valence-corrected chi connectivity index (χ1v) is 8.25. The number of carbonyl (C=O) groups excluding carboxylic acids is 2. The van der Waals surface area contributed by atoms with Crippen molar-refractivity contribution in [2.24, 2.45) is 0 Å². The van der Waals surface area contributed by atoms with E-state index in [-0.39, 0.29) is 23.8 Å². The minimum atomic E-state index is -0.550. The molecule has 2 rings (SSSR count). The number of nitrogens with one attached hydrogen (secondary N) is 1. The lowest BCUT2D eigenvalue weighted by molar-refractivity contribution is -0.128. The van der Waals surface area contributed by atoms with Gasteiger partial charge in [0.25, 0.3) is 11.8 Å². The van der Waals surface area contributed by atoms with E-state index in [0.717, 1.165) is 0 Å². The summed E-state index contributed by atoms with van der Waals surface area (Å²) < 4.78 is 11.0. The normalized spacial score (nSPS) is 15.5. The molecule has 0 atom stereocenters. The lowest BCUT2D eigenvalue weighted by Gasteiger charge is -2.27. The molecule has 0 aromatic heterocycles. The largest absolute Gasteiger partial charge is 0.490 e. The Bertz CT molecular complexity index is 823. The number of nitrogens with zero attached hydrogens (tertiary/aromatic N) is 1. The lowest BCUT2D eigenvalue weighted by Crippen LogP contribution is -2.53. The number of carbonyl (C=O) groups is 2. The molecule has 1 aromatic carbocycles. The van der Waals surface area contributed by atoms with Gasteiger partial charge >= 0.3 is 0 Å². The lowest BCUT2D eigenvalue weighted by atomic mass is 10.1. The van der Waals surface area contributed by atoms with Crippen molar-refractivity contribution in [3.8, 4) is 23.8 Å². The Labute approximate surface area is 157 Å². The van der Waals surface area contributed by atoms with E-state index < -0.39 is 11.8 Å². The van der Waals surface area contributed by atoms with Crippen LogP contribution in [0.25, 0.3) is 6.08 Å². The van der Waals surface area contributed by atoms with Crippen LogP contribution in [0.4, 0.5) is 0 Å². The topological polar surface area (TPSA) is 67.9 Å². The average molecular weight is 370 g/mol. The van der Waals surface area contributed by atoms with E-state index >= 15 is 0 Å². The zero-order valence-corrected chi connectivity index (χ0v) is 15.1. The molecule has 1 fully saturated rings. The highest BCUT2D eigenvalue weighted by Gasteiger charge is 2.32. The van der Waals surface area contributed by atoms with Crippen LogP contribution in [0.5, 0.6) is 11.5 Å². The second kappa shape index (κ2) is 8.83. The van der Waals surface area contributed by atoms with Crippen LogP contribution in [0.1, 0.15) is 12.5 Å². The van der Waals surface area contributed by atoms with E-state index in [9.17, 15) is 9.59 Å². The number of amides is 2. The van der Waals surface area contributed by atoms with Gasteiger partial charge in [0.2, 0.25) is 0 Å². The van der Waals surface area contributed by atoms with Crippen molar-refractivity contribution < 1.29 is 19.1 Å². The third-order valence-electron chi connectivity index (χ3n) is 3.39. The Morgan fingerprint density at radius 2 is 2.12 bits per heavy atom. The van der Waals surface area contributed by atoms with Crippen LogP contribution in [-0.2, 0) is 9.59 Å². The maximum Gasteiger partial charge on any atom is 0.265 e. The molecule has 0 aliphatic carbocycles. The highest BCUT2D eigenvalue weighted by Crippen LogP contribution is 2.29. The molecule has 6 nitrogen and oxygen atoms in total. The quantitative estimate of drug-likeness (QED) is 0.261. The molecule has 0 radical (unpaired) electrons. The fourth-order valence-corrected chi connectivity index (χ4v) is 2.53. The maximum atomic E-state index is 12.5. The summed E-state index contributed by atoms with van der Waals surface area (Å²) in [6, 6.07) is 5.05. The number of ether oxygens (including phenoxy) is 2. The second-order valence-electron chi connectivity index (χ2n) is 5.15. The Kier molecular flexibility index (Phi) is 6.53. The predicted octanol–water partition coefficient (Wildman–Crippen LogP) is 1.91. The van der Waals surface area contributed by atoms with Crippen LogP contribution >= 0.6 is 12.2 Å². The molecule has 1 saturated heterocycles. The van der Waals surface area contributed by atoms with Gasteiger partial charge in [-0.25, -0.2) is 0 Å². The first-order valence-electron chi connectivity index (χ1n) is 7.84. The Balaban J connectivity index is 2.37. The highest BCUT2D eigenvalue weighted by molar-refractivity contribution is 7.80. The van der Waals surface area contributed by atoms with Gasteiger partial charge in [0, 0.05) is 6.54 Å². The molecule has 1 aliphatic heterocycles. The van der Waals surface area contributed by atoms with Crippen molar-refractivity contribution >= 4 is 35.2 Å². The molecule has 7 heteroatoms. The van der Waals surface area contributed by atoms with Crippen LogP contribution < -0.4 is 14.8 Å². The molecule has 0 spiro atoms. The maximum absolute atomic E-state index is 12.5. The van der Waals surface area contributed by atoms with Crippen LogP contribution in [-0.4, -0.2) is 41.6 Å². The molecule has 1 aliphatic rings. The molecule has 2 amide bonds. The van der Waals surface area contributed by atoms with Crippen molar-refractivity contribution in [1.29, 1.82) is 0 Å². The molecule has 0 unspecified atom stereocenters. The molecule has 1 N–H and O–H groups in total. The van der Waals surface area contributed by atoms with Crippen LogP contribution in [0, 0.1) is 12.3 Å². The van der Waals surface area contributed by atoms with Gasteiger partial charge in [-0.3, -0.25) is 19.8 Å². The first-order chi connectivity index (χ1) is 12.5. The Morgan fingerprint density at radius 1 is 1.35 bits per heavy atom. The molecule has 0 saturated carbocycles. The van der Waals surface area contributed by atoms with E-state index in [1.807, 2.05) is 6.92 Å². The van der Waals surface area contributed by atoms with Gasteiger partial charge in [-0.05, 0) is 42.9 Å². The number of hydrogen-bond acceptors (Lipinski definition) is 5. The predicted molar refractivity (Wildman–Crippen MR) is 103 cm³/mol. The average Bonchev–Trinajstić information content (AvgIpc) is 2.61. The number of hydrogen-bond donors (Lipinski definition) is 1. The summed E-state index contributed by atoms with van der Waals surface area (Å²) in [5.74, 6) is 2.31. The van der Waals surface area contributed by atoms with Crippen molar-refractivity contribution in [3.05, 3.63) is 42.0 Å². The second-order valence-corrected chi connectivity index (χ2v) is 5.54. The van der Waals surface area contributed by atoms with Gasteiger partial charge < -0.3 is 9.47 Å². The van der Waals surface area contributed by atoms with Gasteiger partial charge in [0.15, 0.2) is 16.6 Å². The zero-order chi connectivity index (χ0) is 19.1. The van der Waals surface area contributed by atoms with Gasteiger partial charge in [0.1, 0.15) is 12.2 Å². The van der Waals surface area contributed by atoms with E-state index in [1.54, 1.807) is 18.2 Å². The number of terminal acetylenes is 1. The summed E-state index contributed by atoms with van der Waals surface area (Å²) in [6.07, 6.45) is 8.21. The summed E-state index contributed by atoms with van der Waals surface area (Å²) >= 11 is 5.02. The van der Waals surface area contributed by atoms with Crippen molar-refractivity contribution in [1.82, 2.24) is 10.2 Å². The van der Waals surface area contributed by atoms with Crippen molar-refractivity contribution in [3.63, 3.8) is 0 Å². The van der Waals surface area contributed by atoms with Crippen LogP contribution in [0.3, 0.4) is 0 Å². The first kappa shape index (κ1) is 19.2. The fourth-order valence-electron chi connectivity index (χ4n) is 2.28. The molecule has 0 bridgehead atoms. The van der Waals surface area contributed by atoms with Gasteiger partial charge in [-0.15, -0.1) is 13.0 Å². The highest BCUT2D eigenvalue weighted by atomic mass is 32.1. The molecule has 1 aromatic rings. The van der Waals surface area contributed by atoms with E-state index in [0.29, 0.717) is 23.7 Å². The molecule has 1 heterocycles. The third kappa shape index (κ3) is 4.29. The van der Waals surface area contributed by atoms with Gasteiger partial charge in [-0.2, -0.15) is 0 Å². The molecule has 134 valence electrons. The van der Waals surface area contributed by atoms with E-state index in [2.05, 4.69) is 17.8 Å². The van der Waals surface area contributed by atoms with Crippen molar-refractivity contribution in [2.45, 2.75) is 6.92 Å². The van der Waals surface area contributed by atoms with Gasteiger partial charge in [0.05, 0.1) is 6.61 Å². The number of benzene rings is 1.